The van der Waals surface area contributed by atoms with Gasteiger partial charge in [0.05, 0.1) is 5.41 Å². The summed E-state index contributed by atoms with van der Waals surface area (Å²) in [6.45, 7) is 4.16. The Hall–Kier alpha value is -2.87. The highest BCUT2D eigenvalue weighted by Gasteiger charge is 2.46. The Bertz CT molecular complexity index is 959. The highest BCUT2D eigenvalue weighted by molar-refractivity contribution is 6.08. The Balaban J connectivity index is 1.80. The van der Waals surface area contributed by atoms with Crippen molar-refractivity contribution in [2.75, 3.05) is 11.9 Å². The molecule has 130 valence electrons. The summed E-state index contributed by atoms with van der Waals surface area (Å²) < 4.78 is 0. The third kappa shape index (κ3) is 2.62. The summed E-state index contributed by atoms with van der Waals surface area (Å²) in [4.78, 5) is 14.9. The van der Waals surface area contributed by atoms with E-state index in [1.165, 1.54) is 16.7 Å². The van der Waals surface area contributed by atoms with Crippen molar-refractivity contribution in [3.8, 4) is 11.1 Å². The largest absolute Gasteiger partial charge is 0.314 e. The van der Waals surface area contributed by atoms with Gasteiger partial charge in [-0.15, -0.1) is 0 Å². The molecule has 4 rings (SSSR count). The number of amides is 1. The van der Waals surface area contributed by atoms with Crippen LogP contribution in [0, 0.1) is 6.92 Å². The zero-order chi connectivity index (χ0) is 18.3. The highest BCUT2D eigenvalue weighted by atomic mass is 16.2. The molecule has 3 aromatic carbocycles. The van der Waals surface area contributed by atoms with E-state index >= 15 is 0 Å². The Morgan fingerprint density at radius 2 is 1.58 bits per heavy atom. The lowest BCUT2D eigenvalue weighted by Crippen LogP contribution is -2.37. The molecule has 1 unspecified atom stereocenters. The van der Waals surface area contributed by atoms with Crippen molar-refractivity contribution < 1.29 is 4.79 Å². The van der Waals surface area contributed by atoms with Gasteiger partial charge in [0.15, 0.2) is 0 Å². The molecule has 1 aliphatic rings. The maximum absolute atomic E-state index is 13.1. The zero-order valence-electron chi connectivity index (χ0n) is 15.5. The molecule has 0 saturated heterocycles. The van der Waals surface area contributed by atoms with Crippen LogP contribution in [0.2, 0.25) is 0 Å². The van der Waals surface area contributed by atoms with Crippen LogP contribution in [-0.4, -0.2) is 13.0 Å². The van der Waals surface area contributed by atoms with Crippen molar-refractivity contribution >= 4 is 11.6 Å². The lowest BCUT2D eigenvalue weighted by atomic mass is 9.77. The summed E-state index contributed by atoms with van der Waals surface area (Å²) in [5.41, 5.74) is 6.36. The minimum atomic E-state index is -0.538. The van der Waals surface area contributed by atoms with Crippen molar-refractivity contribution in [3.63, 3.8) is 0 Å². The van der Waals surface area contributed by atoms with Gasteiger partial charge in [0.1, 0.15) is 0 Å². The summed E-state index contributed by atoms with van der Waals surface area (Å²) in [5, 5.41) is 0. The molecule has 3 aromatic rings. The number of likely N-dealkylation sites (N-methyl/N-ethyl adjacent to an activating group) is 1. The minimum absolute atomic E-state index is 0.165. The van der Waals surface area contributed by atoms with Crippen molar-refractivity contribution in [2.24, 2.45) is 0 Å². The number of anilines is 1. The van der Waals surface area contributed by atoms with Gasteiger partial charge in [-0.1, -0.05) is 66.2 Å². The quantitative estimate of drug-likeness (QED) is 0.646. The van der Waals surface area contributed by atoms with Crippen molar-refractivity contribution in [2.45, 2.75) is 25.7 Å². The van der Waals surface area contributed by atoms with Crippen LogP contribution < -0.4 is 4.90 Å². The predicted octanol–water partition coefficient (Wildman–Crippen LogP) is 5.14. The van der Waals surface area contributed by atoms with Gasteiger partial charge in [-0.05, 0) is 54.7 Å². The maximum atomic E-state index is 13.1. The van der Waals surface area contributed by atoms with Gasteiger partial charge >= 0.3 is 0 Å². The van der Waals surface area contributed by atoms with E-state index in [4.69, 9.17) is 0 Å². The SMILES string of the molecule is Cc1ccc(CC2(C)C(=O)N(C)c3ccc(-c4ccccc4)cc32)cc1. The van der Waals surface area contributed by atoms with E-state index in [1.54, 1.807) is 4.90 Å². The molecule has 2 nitrogen and oxygen atoms in total. The number of rotatable bonds is 3. The number of carbonyl (C=O) groups is 1. The first-order valence-corrected chi connectivity index (χ1v) is 9.03. The third-order valence-corrected chi connectivity index (χ3v) is 5.51. The second-order valence-corrected chi connectivity index (χ2v) is 7.46. The molecular weight excluding hydrogens is 318 g/mol. The Morgan fingerprint density at radius 3 is 2.27 bits per heavy atom. The molecule has 2 heteroatoms. The van der Waals surface area contributed by atoms with E-state index in [-0.39, 0.29) is 5.91 Å². The lowest BCUT2D eigenvalue weighted by Gasteiger charge is -2.24. The molecule has 0 aliphatic carbocycles. The van der Waals surface area contributed by atoms with Gasteiger partial charge in [0.25, 0.3) is 0 Å². The van der Waals surface area contributed by atoms with E-state index in [0.29, 0.717) is 6.42 Å². The van der Waals surface area contributed by atoms with E-state index in [2.05, 4.69) is 68.4 Å². The molecule has 0 spiro atoms. The molecule has 1 heterocycles. The monoisotopic (exact) mass is 341 g/mol. The van der Waals surface area contributed by atoms with E-state index in [0.717, 1.165) is 16.8 Å². The van der Waals surface area contributed by atoms with Gasteiger partial charge in [0.2, 0.25) is 5.91 Å². The van der Waals surface area contributed by atoms with Crippen LogP contribution in [0.1, 0.15) is 23.6 Å². The molecule has 1 amide bonds. The number of carbonyl (C=O) groups excluding carboxylic acids is 1. The maximum Gasteiger partial charge on any atom is 0.237 e. The van der Waals surface area contributed by atoms with Crippen LogP contribution in [0.3, 0.4) is 0 Å². The Labute approximate surface area is 155 Å². The summed E-state index contributed by atoms with van der Waals surface area (Å²) in [6, 6.07) is 25.2. The van der Waals surface area contributed by atoms with Crippen molar-refractivity contribution in [3.05, 3.63) is 89.5 Å². The molecule has 0 bridgehead atoms. The van der Waals surface area contributed by atoms with Crippen molar-refractivity contribution in [1.29, 1.82) is 0 Å². The minimum Gasteiger partial charge on any atom is -0.314 e. The van der Waals surface area contributed by atoms with Crippen LogP contribution >= 0.6 is 0 Å². The average Bonchev–Trinajstić information content (AvgIpc) is 2.86. The lowest BCUT2D eigenvalue weighted by molar-refractivity contribution is -0.122. The molecule has 0 N–H and O–H groups in total. The number of fused-ring (bicyclic) bond motifs is 1. The van der Waals surface area contributed by atoms with Gasteiger partial charge in [-0.2, -0.15) is 0 Å². The summed E-state index contributed by atoms with van der Waals surface area (Å²) >= 11 is 0. The third-order valence-electron chi connectivity index (χ3n) is 5.51. The van der Waals surface area contributed by atoms with Gasteiger partial charge in [-0.3, -0.25) is 4.79 Å². The number of benzene rings is 3. The van der Waals surface area contributed by atoms with Crippen LogP contribution in [-0.2, 0) is 16.6 Å². The number of hydrogen-bond acceptors (Lipinski definition) is 1. The first kappa shape index (κ1) is 16.6. The van der Waals surface area contributed by atoms with Crippen LogP contribution in [0.4, 0.5) is 5.69 Å². The molecule has 0 radical (unpaired) electrons. The van der Waals surface area contributed by atoms with Gasteiger partial charge in [0, 0.05) is 12.7 Å². The Kier molecular flexibility index (Phi) is 3.91. The molecule has 1 aliphatic heterocycles. The highest BCUT2D eigenvalue weighted by Crippen LogP contribution is 2.44. The average molecular weight is 341 g/mol. The Morgan fingerprint density at radius 1 is 0.885 bits per heavy atom. The smallest absolute Gasteiger partial charge is 0.237 e. The predicted molar refractivity (Wildman–Crippen MR) is 108 cm³/mol. The van der Waals surface area contributed by atoms with E-state index < -0.39 is 5.41 Å². The van der Waals surface area contributed by atoms with Crippen LogP contribution in [0.5, 0.6) is 0 Å². The standard InChI is InChI=1S/C24H23NO/c1-17-9-11-18(12-10-17)16-24(2)21-15-20(19-7-5-4-6-8-19)13-14-22(21)25(3)23(24)26/h4-15H,16H2,1-3H3. The van der Waals surface area contributed by atoms with E-state index in [1.807, 2.05) is 25.2 Å². The van der Waals surface area contributed by atoms with Crippen LogP contribution in [0.15, 0.2) is 72.8 Å². The molecule has 0 saturated carbocycles. The molecule has 1 atom stereocenters. The van der Waals surface area contributed by atoms with Crippen molar-refractivity contribution in [1.82, 2.24) is 0 Å². The topological polar surface area (TPSA) is 20.3 Å². The fraction of sp³-hybridized carbons (Fsp3) is 0.208. The van der Waals surface area contributed by atoms with Gasteiger partial charge < -0.3 is 4.90 Å². The zero-order valence-corrected chi connectivity index (χ0v) is 15.5. The molecule has 0 aromatic heterocycles. The number of aryl methyl sites for hydroxylation is 1. The molecule has 0 fully saturated rings. The second-order valence-electron chi connectivity index (χ2n) is 7.46. The summed E-state index contributed by atoms with van der Waals surface area (Å²) in [6.07, 6.45) is 0.710. The normalized spacial score (nSPS) is 18.9. The van der Waals surface area contributed by atoms with E-state index in [9.17, 15) is 4.79 Å². The second kappa shape index (κ2) is 6.14. The van der Waals surface area contributed by atoms with Crippen LogP contribution in [0.25, 0.3) is 11.1 Å². The van der Waals surface area contributed by atoms with Gasteiger partial charge in [-0.25, -0.2) is 0 Å². The molecular formula is C24H23NO. The summed E-state index contributed by atoms with van der Waals surface area (Å²) in [7, 11) is 1.88. The molecule has 26 heavy (non-hydrogen) atoms. The fourth-order valence-electron chi connectivity index (χ4n) is 3.96. The first-order valence-electron chi connectivity index (χ1n) is 9.03. The summed E-state index contributed by atoms with van der Waals surface area (Å²) in [5.74, 6) is 0.165. The fourth-order valence-corrected chi connectivity index (χ4v) is 3.96. The number of hydrogen-bond donors (Lipinski definition) is 0. The number of nitrogens with zero attached hydrogens (tertiary/aromatic N) is 1. The first-order chi connectivity index (χ1) is 12.5.